The molecule has 0 atom stereocenters. The number of non-ortho nitro benzene ring substituents is 1. The molecule has 0 amide bonds. The molecule has 7 heteroatoms. The van der Waals surface area contributed by atoms with Gasteiger partial charge >= 0.3 is 0 Å². The van der Waals surface area contributed by atoms with Crippen LogP contribution in [0.3, 0.4) is 0 Å². The van der Waals surface area contributed by atoms with Gasteiger partial charge in [0.1, 0.15) is 12.1 Å². The van der Waals surface area contributed by atoms with Gasteiger partial charge in [-0.05, 0) is 18.9 Å². The molecule has 0 saturated heterocycles. The van der Waals surface area contributed by atoms with Crippen molar-refractivity contribution in [2.45, 2.75) is 12.8 Å². The van der Waals surface area contributed by atoms with Crippen LogP contribution in [0.15, 0.2) is 24.5 Å². The Kier molecular flexibility index (Phi) is 2.98. The third-order valence-electron chi connectivity index (χ3n) is 3.75. The fraction of sp³-hybridized carbons (Fsp3) is 0.385. The number of aliphatic hydroxyl groups excluding tert-OH is 1. The van der Waals surface area contributed by atoms with Gasteiger partial charge in [-0.25, -0.2) is 9.97 Å². The monoisotopic (exact) mass is 274 g/mol. The summed E-state index contributed by atoms with van der Waals surface area (Å²) in [5, 5.41) is 23.9. The summed E-state index contributed by atoms with van der Waals surface area (Å²) in [4.78, 5) is 18.6. The highest BCUT2D eigenvalue weighted by molar-refractivity contribution is 5.90. The molecule has 0 radical (unpaired) electrons. The van der Waals surface area contributed by atoms with Crippen molar-refractivity contribution in [1.82, 2.24) is 9.97 Å². The Balaban J connectivity index is 1.93. The number of benzene rings is 1. The second-order valence-corrected chi connectivity index (χ2v) is 5.19. The normalized spacial score (nSPS) is 16.1. The van der Waals surface area contributed by atoms with E-state index in [0.717, 1.165) is 12.8 Å². The molecule has 0 aliphatic heterocycles. The van der Waals surface area contributed by atoms with Crippen molar-refractivity contribution in [3.8, 4) is 0 Å². The van der Waals surface area contributed by atoms with E-state index in [1.165, 1.54) is 18.5 Å². The molecular formula is C13H14N4O3. The summed E-state index contributed by atoms with van der Waals surface area (Å²) in [7, 11) is 0. The molecule has 0 unspecified atom stereocenters. The number of hydrogen-bond donors (Lipinski definition) is 2. The van der Waals surface area contributed by atoms with Gasteiger partial charge in [0, 0.05) is 29.5 Å². The van der Waals surface area contributed by atoms with Crippen LogP contribution in [0.1, 0.15) is 12.8 Å². The van der Waals surface area contributed by atoms with E-state index in [-0.39, 0.29) is 17.7 Å². The van der Waals surface area contributed by atoms with Gasteiger partial charge in [-0.2, -0.15) is 0 Å². The molecule has 1 aliphatic carbocycles. The molecule has 7 nitrogen and oxygen atoms in total. The minimum absolute atomic E-state index is 0.0126. The molecule has 1 aromatic carbocycles. The Morgan fingerprint density at radius 3 is 2.85 bits per heavy atom. The van der Waals surface area contributed by atoms with Gasteiger partial charge < -0.3 is 10.4 Å². The van der Waals surface area contributed by atoms with Crippen molar-refractivity contribution in [3.63, 3.8) is 0 Å². The van der Waals surface area contributed by atoms with E-state index in [2.05, 4.69) is 15.3 Å². The Hall–Kier alpha value is -2.28. The predicted molar refractivity (Wildman–Crippen MR) is 73.4 cm³/mol. The molecule has 0 bridgehead atoms. The lowest BCUT2D eigenvalue weighted by atomic mass is 10.1. The lowest BCUT2D eigenvalue weighted by molar-refractivity contribution is -0.384. The van der Waals surface area contributed by atoms with Gasteiger partial charge in [-0.15, -0.1) is 0 Å². The number of nitro benzene ring substituents is 1. The number of aliphatic hydroxyl groups is 1. The maximum absolute atomic E-state index is 10.8. The van der Waals surface area contributed by atoms with E-state index in [1.807, 2.05) is 0 Å². The maximum Gasteiger partial charge on any atom is 0.270 e. The van der Waals surface area contributed by atoms with Crippen molar-refractivity contribution >= 4 is 22.4 Å². The van der Waals surface area contributed by atoms with Gasteiger partial charge in [0.15, 0.2) is 0 Å². The highest BCUT2D eigenvalue weighted by Gasteiger charge is 2.41. The van der Waals surface area contributed by atoms with E-state index < -0.39 is 4.92 Å². The van der Waals surface area contributed by atoms with Crippen LogP contribution in [0.5, 0.6) is 0 Å². The zero-order valence-electron chi connectivity index (χ0n) is 10.7. The summed E-state index contributed by atoms with van der Waals surface area (Å²) in [5.41, 5.74) is 0.610. The lowest BCUT2D eigenvalue weighted by Gasteiger charge is -2.14. The van der Waals surface area contributed by atoms with Gasteiger partial charge in [0.05, 0.1) is 17.0 Å². The molecule has 1 aliphatic rings. The number of aromatic nitrogens is 2. The molecule has 1 saturated carbocycles. The van der Waals surface area contributed by atoms with Crippen molar-refractivity contribution in [2.24, 2.45) is 5.41 Å². The van der Waals surface area contributed by atoms with Crippen LogP contribution in [0, 0.1) is 15.5 Å². The first-order valence-corrected chi connectivity index (χ1v) is 6.37. The Morgan fingerprint density at radius 2 is 2.20 bits per heavy atom. The Bertz CT molecular complexity index is 670. The number of anilines is 1. The van der Waals surface area contributed by atoms with Crippen molar-refractivity contribution in [2.75, 3.05) is 18.5 Å². The van der Waals surface area contributed by atoms with Crippen LogP contribution in [-0.2, 0) is 0 Å². The van der Waals surface area contributed by atoms with E-state index in [4.69, 9.17) is 0 Å². The van der Waals surface area contributed by atoms with Crippen LogP contribution in [0.4, 0.5) is 11.5 Å². The molecule has 3 rings (SSSR count). The van der Waals surface area contributed by atoms with Crippen LogP contribution >= 0.6 is 0 Å². The van der Waals surface area contributed by atoms with E-state index in [0.29, 0.717) is 23.3 Å². The van der Waals surface area contributed by atoms with Crippen LogP contribution < -0.4 is 5.32 Å². The van der Waals surface area contributed by atoms with Crippen molar-refractivity contribution in [3.05, 3.63) is 34.6 Å². The van der Waals surface area contributed by atoms with Gasteiger partial charge in [0.2, 0.25) is 0 Å². The molecule has 0 spiro atoms. The average Bonchev–Trinajstić information content (AvgIpc) is 3.25. The maximum atomic E-state index is 10.8. The minimum atomic E-state index is -0.438. The summed E-state index contributed by atoms with van der Waals surface area (Å²) >= 11 is 0. The predicted octanol–water partition coefficient (Wildman–Crippen LogP) is 1.72. The first-order valence-electron chi connectivity index (χ1n) is 6.37. The molecule has 104 valence electrons. The number of nitrogens with one attached hydrogen (secondary N) is 1. The third kappa shape index (κ3) is 2.27. The summed E-state index contributed by atoms with van der Waals surface area (Å²) in [6, 6.07) is 4.50. The number of rotatable bonds is 5. The van der Waals surface area contributed by atoms with E-state index in [1.54, 1.807) is 6.07 Å². The highest BCUT2D eigenvalue weighted by atomic mass is 16.6. The fourth-order valence-electron chi connectivity index (χ4n) is 2.14. The van der Waals surface area contributed by atoms with Crippen LogP contribution in [0.25, 0.3) is 10.9 Å². The van der Waals surface area contributed by atoms with Crippen LogP contribution in [-0.4, -0.2) is 33.1 Å². The molecular weight excluding hydrogens is 260 g/mol. The number of nitrogens with zero attached hydrogens (tertiary/aromatic N) is 3. The van der Waals surface area contributed by atoms with E-state index in [9.17, 15) is 15.2 Å². The van der Waals surface area contributed by atoms with Gasteiger partial charge in [-0.1, -0.05) is 0 Å². The first-order chi connectivity index (χ1) is 9.63. The molecule has 1 aromatic heterocycles. The van der Waals surface area contributed by atoms with Gasteiger partial charge in [0.25, 0.3) is 5.69 Å². The number of nitro groups is 1. The third-order valence-corrected chi connectivity index (χ3v) is 3.75. The van der Waals surface area contributed by atoms with Crippen LogP contribution in [0.2, 0.25) is 0 Å². The smallest absolute Gasteiger partial charge is 0.270 e. The van der Waals surface area contributed by atoms with Crippen molar-refractivity contribution < 1.29 is 10.0 Å². The summed E-state index contributed by atoms with van der Waals surface area (Å²) < 4.78 is 0. The summed E-state index contributed by atoms with van der Waals surface area (Å²) in [6.07, 6.45) is 3.40. The number of fused-ring (bicyclic) bond motifs is 1. The summed E-state index contributed by atoms with van der Waals surface area (Å²) in [5.74, 6) is 0.568. The molecule has 20 heavy (non-hydrogen) atoms. The molecule has 1 fully saturated rings. The Morgan fingerprint density at radius 1 is 1.40 bits per heavy atom. The highest BCUT2D eigenvalue weighted by Crippen LogP contribution is 2.45. The Labute approximate surface area is 114 Å². The fourth-order valence-corrected chi connectivity index (χ4v) is 2.14. The van der Waals surface area contributed by atoms with E-state index >= 15 is 0 Å². The quantitative estimate of drug-likeness (QED) is 0.636. The SMILES string of the molecule is O=[N+]([O-])c1ccc2ncnc(NCC3(CO)CC3)c2c1. The topological polar surface area (TPSA) is 101 Å². The largest absolute Gasteiger partial charge is 0.396 e. The first kappa shape index (κ1) is 12.7. The molecule has 2 N–H and O–H groups in total. The zero-order valence-corrected chi connectivity index (χ0v) is 10.7. The molecule has 1 heterocycles. The minimum Gasteiger partial charge on any atom is -0.396 e. The second-order valence-electron chi connectivity index (χ2n) is 5.19. The van der Waals surface area contributed by atoms with Gasteiger partial charge in [-0.3, -0.25) is 10.1 Å². The number of hydrogen-bond acceptors (Lipinski definition) is 6. The average molecular weight is 274 g/mol. The standard InChI is InChI=1S/C13H14N4O3/c18-7-13(3-4-13)6-14-12-10-5-9(17(19)20)1-2-11(10)15-8-16-12/h1-2,5,8,18H,3-4,6-7H2,(H,14,15,16). The molecule has 2 aromatic rings. The second kappa shape index (κ2) is 4.68. The summed E-state index contributed by atoms with van der Waals surface area (Å²) in [6.45, 7) is 0.751. The van der Waals surface area contributed by atoms with Crippen molar-refractivity contribution in [1.29, 1.82) is 0 Å². The zero-order chi connectivity index (χ0) is 14.2. The lowest BCUT2D eigenvalue weighted by Crippen LogP contribution is -2.19.